The third kappa shape index (κ3) is 3.99. The Kier molecular flexibility index (Phi) is 5.92. The van der Waals surface area contributed by atoms with Crippen LogP contribution in [0.25, 0.3) is 0 Å². The third-order valence-electron chi connectivity index (χ3n) is 4.95. The molecular formula is C20H27N3O4S. The van der Waals surface area contributed by atoms with Gasteiger partial charge in [0.2, 0.25) is 10.0 Å². The van der Waals surface area contributed by atoms with Gasteiger partial charge in [0.15, 0.2) is 0 Å². The van der Waals surface area contributed by atoms with Gasteiger partial charge in [-0.15, -0.1) is 0 Å². The van der Waals surface area contributed by atoms with Crippen LogP contribution in [0.1, 0.15) is 41.6 Å². The molecule has 1 N–H and O–H groups in total. The molecule has 0 atom stereocenters. The highest BCUT2D eigenvalue weighted by atomic mass is 32.2. The first-order valence-electron chi connectivity index (χ1n) is 9.39. The van der Waals surface area contributed by atoms with Crippen molar-refractivity contribution in [2.75, 3.05) is 31.6 Å². The van der Waals surface area contributed by atoms with Crippen LogP contribution in [0.2, 0.25) is 0 Å². The number of morpholine rings is 1. The minimum atomic E-state index is -3.61. The fraction of sp³-hybridized carbons (Fsp3) is 0.450. The summed E-state index contributed by atoms with van der Waals surface area (Å²) in [6.45, 7) is 9.48. The van der Waals surface area contributed by atoms with Gasteiger partial charge in [-0.1, -0.05) is 6.07 Å². The zero-order chi connectivity index (χ0) is 20.5. The van der Waals surface area contributed by atoms with Gasteiger partial charge in [0.1, 0.15) is 0 Å². The van der Waals surface area contributed by atoms with Crippen LogP contribution < -0.4 is 5.32 Å². The summed E-state index contributed by atoms with van der Waals surface area (Å²) >= 11 is 0. The number of amides is 1. The van der Waals surface area contributed by atoms with E-state index in [1.165, 1.54) is 10.4 Å². The largest absolute Gasteiger partial charge is 0.379 e. The summed E-state index contributed by atoms with van der Waals surface area (Å²) in [6.07, 6.45) is 0. The molecule has 1 aliphatic heterocycles. The number of aryl methyl sites for hydroxylation is 1. The summed E-state index contributed by atoms with van der Waals surface area (Å²) in [5, 5.41) is 2.83. The van der Waals surface area contributed by atoms with E-state index in [0.29, 0.717) is 37.6 Å². The Balaban J connectivity index is 1.83. The third-order valence-corrected chi connectivity index (χ3v) is 6.84. The molecule has 1 fully saturated rings. The van der Waals surface area contributed by atoms with Gasteiger partial charge in [0.05, 0.1) is 23.7 Å². The van der Waals surface area contributed by atoms with Crippen molar-refractivity contribution < 1.29 is 17.9 Å². The van der Waals surface area contributed by atoms with Gasteiger partial charge >= 0.3 is 0 Å². The van der Waals surface area contributed by atoms with Crippen molar-refractivity contribution in [2.45, 2.75) is 38.6 Å². The van der Waals surface area contributed by atoms with Crippen LogP contribution >= 0.6 is 0 Å². The van der Waals surface area contributed by atoms with Crippen LogP contribution in [0.5, 0.6) is 0 Å². The van der Waals surface area contributed by atoms with Gasteiger partial charge in [-0.2, -0.15) is 4.31 Å². The SMILES string of the molecule is Cc1cc(C(=O)Nc2cccc(S(=O)(=O)N3CCOCC3)c2)c(C)n1C(C)C. The number of hydrogen-bond acceptors (Lipinski definition) is 4. The molecule has 1 aromatic carbocycles. The van der Waals surface area contributed by atoms with Crippen molar-refractivity contribution in [3.63, 3.8) is 0 Å². The highest BCUT2D eigenvalue weighted by Gasteiger charge is 2.26. The predicted octanol–water partition coefficient (Wildman–Crippen LogP) is 2.96. The number of anilines is 1. The molecule has 2 heterocycles. The molecule has 0 saturated carbocycles. The number of aromatic nitrogens is 1. The first-order valence-corrected chi connectivity index (χ1v) is 10.8. The minimum Gasteiger partial charge on any atom is -0.379 e. The van der Waals surface area contributed by atoms with Crippen molar-refractivity contribution in [1.82, 2.24) is 8.87 Å². The molecule has 8 heteroatoms. The number of nitrogens with zero attached hydrogens (tertiary/aromatic N) is 2. The monoisotopic (exact) mass is 405 g/mol. The molecule has 1 saturated heterocycles. The Labute approximate surface area is 166 Å². The summed E-state index contributed by atoms with van der Waals surface area (Å²) < 4.78 is 34.4. The Morgan fingerprint density at radius 2 is 1.82 bits per heavy atom. The van der Waals surface area contributed by atoms with E-state index in [0.717, 1.165) is 11.4 Å². The maximum atomic E-state index is 12.8. The summed E-state index contributed by atoms with van der Waals surface area (Å²) in [5.41, 5.74) is 2.95. The van der Waals surface area contributed by atoms with Gasteiger partial charge in [0.25, 0.3) is 5.91 Å². The number of hydrogen-bond donors (Lipinski definition) is 1. The second kappa shape index (κ2) is 8.06. The quantitative estimate of drug-likeness (QED) is 0.829. The van der Waals surface area contributed by atoms with Crippen LogP contribution in [-0.4, -0.2) is 49.5 Å². The number of carbonyl (C=O) groups excluding carboxylic acids is 1. The lowest BCUT2D eigenvalue weighted by Crippen LogP contribution is -2.40. The topological polar surface area (TPSA) is 80.6 Å². The lowest BCUT2D eigenvalue weighted by molar-refractivity contribution is 0.0730. The van der Waals surface area contributed by atoms with E-state index in [-0.39, 0.29) is 16.8 Å². The minimum absolute atomic E-state index is 0.167. The number of ether oxygens (including phenoxy) is 1. The number of nitrogens with one attached hydrogen (secondary N) is 1. The Morgan fingerprint density at radius 3 is 2.43 bits per heavy atom. The van der Waals surface area contributed by atoms with Crippen LogP contribution in [-0.2, 0) is 14.8 Å². The maximum Gasteiger partial charge on any atom is 0.257 e. The molecule has 3 rings (SSSR count). The Hall–Kier alpha value is -2.16. The smallest absolute Gasteiger partial charge is 0.257 e. The molecule has 0 bridgehead atoms. The molecule has 0 spiro atoms. The van der Waals surface area contributed by atoms with Crippen LogP contribution in [0.4, 0.5) is 5.69 Å². The second-order valence-corrected chi connectivity index (χ2v) is 9.18. The average molecular weight is 406 g/mol. The number of carbonyl (C=O) groups is 1. The summed E-state index contributed by atoms with van der Waals surface area (Å²) in [4.78, 5) is 13.0. The molecular weight excluding hydrogens is 378 g/mol. The van der Waals surface area contributed by atoms with Gasteiger partial charge in [-0.25, -0.2) is 8.42 Å². The van der Waals surface area contributed by atoms with Crippen molar-refractivity contribution in [1.29, 1.82) is 0 Å². The van der Waals surface area contributed by atoms with Gasteiger partial charge in [-0.3, -0.25) is 4.79 Å². The van der Waals surface area contributed by atoms with Crippen LogP contribution in [0.15, 0.2) is 35.2 Å². The van der Waals surface area contributed by atoms with Gasteiger partial charge in [-0.05, 0) is 52.0 Å². The summed E-state index contributed by atoms with van der Waals surface area (Å²) in [7, 11) is -3.61. The standard InChI is InChI=1S/C20H27N3O4S/c1-14(2)23-15(3)12-19(16(23)4)20(24)21-17-6-5-7-18(13-17)28(25,26)22-8-10-27-11-9-22/h5-7,12-14H,8-11H2,1-4H3,(H,21,24). The van der Waals surface area contributed by atoms with Crippen molar-refractivity contribution in [3.8, 4) is 0 Å². The molecule has 1 aromatic heterocycles. The molecule has 1 amide bonds. The lowest BCUT2D eigenvalue weighted by Gasteiger charge is -2.26. The zero-order valence-corrected chi connectivity index (χ0v) is 17.5. The average Bonchev–Trinajstić information content (AvgIpc) is 2.97. The number of sulfonamides is 1. The second-order valence-electron chi connectivity index (χ2n) is 7.25. The van der Waals surface area contributed by atoms with Gasteiger partial charge < -0.3 is 14.6 Å². The Morgan fingerprint density at radius 1 is 1.14 bits per heavy atom. The molecule has 28 heavy (non-hydrogen) atoms. The predicted molar refractivity (Wildman–Crippen MR) is 108 cm³/mol. The molecule has 0 unspecified atom stereocenters. The van der Waals surface area contributed by atoms with Crippen LogP contribution in [0.3, 0.4) is 0 Å². The highest BCUT2D eigenvalue weighted by Crippen LogP contribution is 2.23. The van der Waals surface area contributed by atoms with Crippen molar-refractivity contribution in [3.05, 3.63) is 47.3 Å². The van der Waals surface area contributed by atoms with E-state index >= 15 is 0 Å². The zero-order valence-electron chi connectivity index (χ0n) is 16.7. The first-order chi connectivity index (χ1) is 13.2. The van der Waals surface area contributed by atoms with Crippen LogP contribution in [0, 0.1) is 13.8 Å². The molecule has 152 valence electrons. The molecule has 0 aliphatic carbocycles. The maximum absolute atomic E-state index is 12.8. The molecule has 2 aromatic rings. The van der Waals surface area contributed by atoms with Gasteiger partial charge in [0, 0.05) is 36.2 Å². The normalized spacial score (nSPS) is 15.8. The fourth-order valence-corrected chi connectivity index (χ4v) is 5.12. The molecule has 0 radical (unpaired) electrons. The molecule has 1 aliphatic rings. The van der Waals surface area contributed by atoms with Crippen molar-refractivity contribution in [2.24, 2.45) is 0 Å². The van der Waals surface area contributed by atoms with E-state index in [9.17, 15) is 13.2 Å². The fourth-order valence-electron chi connectivity index (χ4n) is 3.67. The first kappa shape index (κ1) is 20.6. The lowest BCUT2D eigenvalue weighted by atomic mass is 10.2. The van der Waals surface area contributed by atoms with Crippen molar-refractivity contribution >= 4 is 21.6 Å². The van der Waals surface area contributed by atoms with E-state index in [1.807, 2.05) is 19.9 Å². The summed E-state index contributed by atoms with van der Waals surface area (Å²) in [5.74, 6) is -0.249. The van der Waals surface area contributed by atoms with E-state index in [1.54, 1.807) is 18.2 Å². The summed E-state index contributed by atoms with van der Waals surface area (Å²) in [6, 6.07) is 8.50. The van der Waals surface area contributed by atoms with E-state index < -0.39 is 10.0 Å². The Bertz CT molecular complexity index is 973. The molecule has 7 nitrogen and oxygen atoms in total. The number of benzene rings is 1. The highest BCUT2D eigenvalue weighted by molar-refractivity contribution is 7.89. The van der Waals surface area contributed by atoms with E-state index in [4.69, 9.17) is 4.74 Å². The number of rotatable bonds is 5. The van der Waals surface area contributed by atoms with E-state index in [2.05, 4.69) is 23.7 Å².